The van der Waals surface area contributed by atoms with E-state index in [9.17, 15) is 5.53 Å². The first-order chi connectivity index (χ1) is 22.7. The third-order valence-corrected chi connectivity index (χ3v) is 10.4. The summed E-state index contributed by atoms with van der Waals surface area (Å²) in [7, 11) is 0. The van der Waals surface area contributed by atoms with Crippen LogP contribution in [0.5, 0.6) is 0 Å². The van der Waals surface area contributed by atoms with Gasteiger partial charge >= 0.3 is 0 Å². The van der Waals surface area contributed by atoms with Crippen molar-refractivity contribution in [2.75, 3.05) is 0 Å². The van der Waals surface area contributed by atoms with Gasteiger partial charge < -0.3 is 5.53 Å². The summed E-state index contributed by atoms with van der Waals surface area (Å²) in [6, 6.07) is 9.19. The molecule has 0 N–H and O–H groups in total. The summed E-state index contributed by atoms with van der Waals surface area (Å²) in [5, 5.41) is 0. The van der Waals surface area contributed by atoms with Gasteiger partial charge in [-0.3, -0.25) is 0 Å². The number of unbranched alkanes of at least 4 members (excludes halogenated alkanes) is 14. The summed E-state index contributed by atoms with van der Waals surface area (Å²) in [6.07, 6.45) is 29.3. The van der Waals surface area contributed by atoms with Crippen molar-refractivity contribution in [1.29, 1.82) is 0 Å². The molecular formula is C45H68N2. The number of hydrogen-bond donors (Lipinski definition) is 0. The Morgan fingerprint density at radius 3 is 1.32 bits per heavy atom. The molecule has 2 heteroatoms. The SMILES string of the molecule is CCCCCCCCCCCCCCC=CC1=C(c2cc(C)c(CCCC)c(C)c2)[N+](=[N-])C(c2cc(C)c(CCCC)c(C)c2)=C1C. The number of nitrogens with zero attached hydrogens (tertiary/aromatic N) is 2. The van der Waals surface area contributed by atoms with E-state index in [1.165, 1.54) is 141 Å². The van der Waals surface area contributed by atoms with E-state index in [4.69, 9.17) is 0 Å². The van der Waals surface area contributed by atoms with Gasteiger partial charge in [0.1, 0.15) is 0 Å². The van der Waals surface area contributed by atoms with Crippen LogP contribution in [0.4, 0.5) is 0 Å². The largest absolute Gasteiger partial charge is 0.493 e. The van der Waals surface area contributed by atoms with Crippen molar-refractivity contribution in [3.63, 3.8) is 0 Å². The minimum atomic E-state index is 0.919. The molecule has 1 heterocycles. The summed E-state index contributed by atoms with van der Waals surface area (Å²) >= 11 is 0. The van der Waals surface area contributed by atoms with Crippen LogP contribution in [0.1, 0.15) is 181 Å². The van der Waals surface area contributed by atoms with Crippen molar-refractivity contribution in [3.8, 4) is 0 Å². The standard InChI is InChI=1S/C45H68N2/c1-9-12-15-16-17-18-19-20-21-22-23-24-25-26-29-43-38(8)44(39-30-34(4)41(27-13-10-2)35(5)31-39)47(46)45(43)40-32-36(6)42(28-14-11-3)37(7)33-40/h26,29-33H,9-25,27-28H2,1-8H3. The van der Waals surface area contributed by atoms with E-state index in [0.29, 0.717) is 0 Å². The maximum absolute atomic E-state index is 12.0. The number of rotatable bonds is 22. The van der Waals surface area contributed by atoms with E-state index in [-0.39, 0.29) is 0 Å². The lowest BCUT2D eigenvalue weighted by Gasteiger charge is -2.16. The number of hydrogen-bond acceptors (Lipinski definition) is 0. The number of allylic oxidation sites excluding steroid dienone is 4. The maximum Gasteiger partial charge on any atom is 0.215 e. The minimum absolute atomic E-state index is 0.919. The monoisotopic (exact) mass is 637 g/mol. The summed E-state index contributed by atoms with van der Waals surface area (Å²) < 4.78 is 1.50. The summed E-state index contributed by atoms with van der Waals surface area (Å²) in [5.41, 5.74) is 26.6. The molecule has 0 spiro atoms. The molecule has 3 rings (SSSR count). The van der Waals surface area contributed by atoms with E-state index in [1.807, 2.05) is 0 Å². The van der Waals surface area contributed by atoms with Gasteiger partial charge in [-0.25, -0.2) is 4.70 Å². The molecule has 1 aliphatic rings. The highest BCUT2D eigenvalue weighted by molar-refractivity contribution is 5.84. The Kier molecular flexibility index (Phi) is 17.0. The molecule has 0 atom stereocenters. The van der Waals surface area contributed by atoms with Gasteiger partial charge in [-0.2, -0.15) is 0 Å². The Hall–Kier alpha value is -2.74. The van der Waals surface area contributed by atoms with Crippen molar-refractivity contribution < 1.29 is 4.70 Å². The fraction of sp³-hybridized carbons (Fsp3) is 0.600. The van der Waals surface area contributed by atoms with E-state index in [1.54, 1.807) is 0 Å². The van der Waals surface area contributed by atoms with Gasteiger partial charge in [-0.15, -0.1) is 0 Å². The van der Waals surface area contributed by atoms with Crippen LogP contribution >= 0.6 is 0 Å². The van der Waals surface area contributed by atoms with Crippen LogP contribution in [0.2, 0.25) is 0 Å². The quantitative estimate of drug-likeness (QED) is 0.0907. The van der Waals surface area contributed by atoms with Gasteiger partial charge in [0.25, 0.3) is 0 Å². The third-order valence-electron chi connectivity index (χ3n) is 10.4. The molecule has 1 aliphatic heterocycles. The van der Waals surface area contributed by atoms with Gasteiger partial charge in [0.2, 0.25) is 11.4 Å². The molecule has 0 bridgehead atoms. The highest BCUT2D eigenvalue weighted by atomic mass is 15.2. The highest BCUT2D eigenvalue weighted by Gasteiger charge is 2.33. The second-order valence-corrected chi connectivity index (χ2v) is 14.5. The van der Waals surface area contributed by atoms with Crippen LogP contribution in [0.25, 0.3) is 16.9 Å². The maximum atomic E-state index is 12.0. The highest BCUT2D eigenvalue weighted by Crippen LogP contribution is 2.42. The fourth-order valence-corrected chi connectivity index (χ4v) is 7.57. The molecule has 0 amide bonds. The van der Waals surface area contributed by atoms with Crippen LogP contribution in [0.3, 0.4) is 0 Å². The molecule has 0 fully saturated rings. The Balaban J connectivity index is 1.77. The first kappa shape index (κ1) is 38.7. The van der Waals surface area contributed by atoms with Crippen LogP contribution in [-0.4, -0.2) is 4.70 Å². The zero-order valence-corrected chi connectivity index (χ0v) is 31.8. The average molecular weight is 637 g/mol. The first-order valence-corrected chi connectivity index (χ1v) is 19.6. The molecule has 0 saturated heterocycles. The van der Waals surface area contributed by atoms with Crippen LogP contribution in [-0.2, 0) is 12.8 Å². The zero-order valence-electron chi connectivity index (χ0n) is 31.8. The Labute approximate surface area is 290 Å². The van der Waals surface area contributed by atoms with Crippen molar-refractivity contribution in [3.05, 3.63) is 97.6 Å². The van der Waals surface area contributed by atoms with Crippen LogP contribution in [0.15, 0.2) is 47.6 Å². The van der Waals surface area contributed by atoms with Crippen molar-refractivity contribution in [2.24, 2.45) is 0 Å². The second kappa shape index (κ2) is 20.6. The molecule has 0 saturated carbocycles. The third kappa shape index (κ3) is 11.2. The molecule has 258 valence electrons. The summed E-state index contributed by atoms with van der Waals surface area (Å²) in [6.45, 7) is 18.0. The molecule has 0 aliphatic carbocycles. The second-order valence-electron chi connectivity index (χ2n) is 14.5. The topological polar surface area (TPSA) is 25.3 Å². The Bertz CT molecular complexity index is 1350. The Morgan fingerprint density at radius 2 is 0.894 bits per heavy atom. The first-order valence-electron chi connectivity index (χ1n) is 19.6. The lowest BCUT2D eigenvalue weighted by atomic mass is 9.92. The number of aryl methyl sites for hydroxylation is 4. The molecular weight excluding hydrogens is 569 g/mol. The lowest BCUT2D eigenvalue weighted by molar-refractivity contribution is -0.345. The number of benzene rings is 2. The van der Waals surface area contributed by atoms with Gasteiger partial charge in [0.15, 0.2) is 0 Å². The predicted molar refractivity (Wildman–Crippen MR) is 207 cm³/mol. The molecule has 2 aromatic rings. The van der Waals surface area contributed by atoms with Crippen molar-refractivity contribution >= 4 is 11.4 Å². The van der Waals surface area contributed by atoms with E-state index < -0.39 is 0 Å². The minimum Gasteiger partial charge on any atom is -0.493 e. The molecule has 47 heavy (non-hydrogen) atoms. The predicted octanol–water partition coefficient (Wildman–Crippen LogP) is 14.4. The molecule has 0 unspecified atom stereocenters. The molecule has 2 aromatic carbocycles. The fourth-order valence-electron chi connectivity index (χ4n) is 7.57. The van der Waals surface area contributed by atoms with Gasteiger partial charge in [-0.1, -0.05) is 116 Å². The van der Waals surface area contributed by atoms with Crippen LogP contribution < -0.4 is 0 Å². The van der Waals surface area contributed by atoms with E-state index >= 15 is 0 Å². The zero-order chi connectivity index (χ0) is 34.2. The summed E-state index contributed by atoms with van der Waals surface area (Å²) in [5.74, 6) is 0. The van der Waals surface area contributed by atoms with E-state index in [2.05, 4.69) is 91.8 Å². The average Bonchev–Trinajstić information content (AvgIpc) is 3.28. The smallest absolute Gasteiger partial charge is 0.215 e. The lowest BCUT2D eigenvalue weighted by Crippen LogP contribution is -2.05. The van der Waals surface area contributed by atoms with Crippen LogP contribution in [0, 0.1) is 27.7 Å². The van der Waals surface area contributed by atoms with Gasteiger partial charge in [-0.05, 0) is 131 Å². The van der Waals surface area contributed by atoms with Crippen molar-refractivity contribution in [2.45, 2.75) is 177 Å². The van der Waals surface area contributed by atoms with E-state index in [0.717, 1.165) is 52.9 Å². The van der Waals surface area contributed by atoms with Gasteiger partial charge in [0.05, 0.1) is 5.57 Å². The van der Waals surface area contributed by atoms with Gasteiger partial charge in [0, 0.05) is 16.7 Å². The molecule has 0 radical (unpaired) electrons. The normalized spacial score (nSPS) is 13.7. The molecule has 0 aromatic heterocycles. The summed E-state index contributed by atoms with van der Waals surface area (Å²) in [4.78, 5) is 0. The molecule has 2 nitrogen and oxygen atoms in total. The Morgan fingerprint density at radius 1 is 0.511 bits per heavy atom. The van der Waals surface area contributed by atoms with Crippen molar-refractivity contribution in [1.82, 2.24) is 0 Å².